The minimum atomic E-state index is 0.542. The zero-order valence-corrected chi connectivity index (χ0v) is 40.7. The third-order valence-electron chi connectivity index (χ3n) is 15.2. The van der Waals surface area contributed by atoms with Crippen molar-refractivity contribution in [2.45, 2.75) is 0 Å². The quantitative estimate of drug-likeness (QED) is 0.159. The van der Waals surface area contributed by atoms with Crippen molar-refractivity contribution >= 4 is 87.5 Å². The summed E-state index contributed by atoms with van der Waals surface area (Å²) in [5, 5.41) is 8.83. The Labute approximate surface area is 434 Å². The molecule has 16 rings (SSSR count). The average molecular weight is 972 g/mol. The smallest absolute Gasteiger partial charge is 0.164 e. The molecule has 11 aromatic carbocycles. The van der Waals surface area contributed by atoms with E-state index < -0.39 is 0 Å². The molecule has 0 aliphatic rings. The molecule has 0 unspecified atom stereocenters. The lowest BCUT2D eigenvalue weighted by molar-refractivity contribution is 0.668. The van der Waals surface area contributed by atoms with E-state index in [2.05, 4.69) is 215 Å². The second-order valence-corrected chi connectivity index (χ2v) is 19.5. The van der Waals surface area contributed by atoms with Crippen LogP contribution in [0.2, 0.25) is 0 Å². The molecule has 0 fully saturated rings. The van der Waals surface area contributed by atoms with Crippen molar-refractivity contribution in [1.82, 2.24) is 24.1 Å². The van der Waals surface area contributed by atoms with Gasteiger partial charge in [0.1, 0.15) is 22.3 Å². The van der Waals surface area contributed by atoms with Gasteiger partial charge in [0.05, 0.1) is 22.1 Å². The first-order valence-electron chi connectivity index (χ1n) is 25.6. The van der Waals surface area contributed by atoms with E-state index in [1.807, 2.05) is 42.5 Å². The molecule has 7 nitrogen and oxygen atoms in total. The Morgan fingerprint density at radius 3 is 1.55 bits per heavy atom. The summed E-state index contributed by atoms with van der Waals surface area (Å²) < 4.78 is 18.1. The van der Waals surface area contributed by atoms with Gasteiger partial charge in [0.15, 0.2) is 17.5 Å². The first-order chi connectivity index (χ1) is 37.6. The molecule has 16 aromatic rings. The number of nitrogens with zero attached hydrogens (tertiary/aromatic N) is 5. The summed E-state index contributed by atoms with van der Waals surface area (Å²) in [5.41, 5.74) is 17.0. The van der Waals surface area contributed by atoms with Crippen molar-refractivity contribution in [3.8, 4) is 67.8 Å². The third-order valence-corrected chi connectivity index (χ3v) is 15.2. The minimum Gasteiger partial charge on any atom is -0.456 e. The summed E-state index contributed by atoms with van der Waals surface area (Å²) in [4.78, 5) is 15.7. The molecule has 0 aliphatic carbocycles. The van der Waals surface area contributed by atoms with E-state index in [-0.39, 0.29) is 0 Å². The largest absolute Gasteiger partial charge is 0.456 e. The molecule has 7 heteroatoms. The number of rotatable bonds is 7. The van der Waals surface area contributed by atoms with Crippen molar-refractivity contribution in [1.29, 1.82) is 0 Å². The molecule has 0 radical (unpaired) electrons. The molecule has 5 heterocycles. The topological polar surface area (TPSA) is 74.8 Å². The van der Waals surface area contributed by atoms with Crippen LogP contribution in [0.15, 0.2) is 258 Å². The van der Waals surface area contributed by atoms with E-state index in [0.717, 1.165) is 105 Å². The highest BCUT2D eigenvalue weighted by atomic mass is 16.3. The summed E-state index contributed by atoms with van der Waals surface area (Å²) in [5.74, 6) is 1.66. The Morgan fingerprint density at radius 1 is 0.250 bits per heavy atom. The van der Waals surface area contributed by atoms with Gasteiger partial charge in [0, 0.05) is 77.2 Å². The molecule has 76 heavy (non-hydrogen) atoms. The van der Waals surface area contributed by atoms with Crippen LogP contribution in [-0.4, -0.2) is 24.1 Å². The lowest BCUT2D eigenvalue weighted by Gasteiger charge is -2.10. The maximum Gasteiger partial charge on any atom is 0.164 e. The minimum absolute atomic E-state index is 0.542. The highest BCUT2D eigenvalue weighted by Gasteiger charge is 2.21. The number of hydrogen-bond donors (Lipinski definition) is 0. The molecule has 0 amide bonds. The molecular formula is C69H41N5O2. The molecule has 0 aliphatic heterocycles. The summed E-state index contributed by atoms with van der Waals surface area (Å²) in [6.45, 7) is 0. The summed E-state index contributed by atoms with van der Waals surface area (Å²) in [6, 6.07) is 87.5. The fraction of sp³-hybridized carbons (Fsp3) is 0. The van der Waals surface area contributed by atoms with E-state index >= 15 is 0 Å². The summed E-state index contributed by atoms with van der Waals surface area (Å²) in [7, 11) is 0. The van der Waals surface area contributed by atoms with E-state index in [1.165, 1.54) is 32.7 Å². The maximum atomic E-state index is 6.74. The number of aromatic nitrogens is 5. The summed E-state index contributed by atoms with van der Waals surface area (Å²) >= 11 is 0. The molecular weight excluding hydrogens is 931 g/mol. The monoisotopic (exact) mass is 971 g/mol. The summed E-state index contributed by atoms with van der Waals surface area (Å²) in [6.07, 6.45) is 0. The van der Waals surface area contributed by atoms with E-state index in [4.69, 9.17) is 23.8 Å². The number of fused-ring (bicyclic) bond motifs is 12. The van der Waals surface area contributed by atoms with Gasteiger partial charge in [-0.15, -0.1) is 0 Å². The molecule has 0 N–H and O–H groups in total. The molecule has 0 spiro atoms. The second-order valence-electron chi connectivity index (χ2n) is 19.5. The molecule has 0 saturated heterocycles. The fourth-order valence-corrected chi connectivity index (χ4v) is 11.6. The van der Waals surface area contributed by atoms with Gasteiger partial charge in [-0.2, -0.15) is 0 Å². The van der Waals surface area contributed by atoms with Gasteiger partial charge in [-0.05, 0) is 107 Å². The third kappa shape index (κ3) is 6.59. The van der Waals surface area contributed by atoms with Gasteiger partial charge in [-0.3, -0.25) is 0 Å². The van der Waals surface area contributed by atoms with Gasteiger partial charge in [0.2, 0.25) is 0 Å². The van der Waals surface area contributed by atoms with Crippen LogP contribution in [0.25, 0.3) is 155 Å². The highest BCUT2D eigenvalue weighted by Crippen LogP contribution is 2.42. The number of hydrogen-bond acceptors (Lipinski definition) is 5. The molecule has 354 valence electrons. The second kappa shape index (κ2) is 16.6. The van der Waals surface area contributed by atoms with Crippen molar-refractivity contribution in [2.75, 3.05) is 0 Å². The molecule has 0 bridgehead atoms. The van der Waals surface area contributed by atoms with Gasteiger partial charge >= 0.3 is 0 Å². The van der Waals surface area contributed by atoms with Crippen molar-refractivity contribution in [3.05, 3.63) is 249 Å². The number of furan rings is 2. The predicted molar refractivity (Wildman–Crippen MR) is 310 cm³/mol. The van der Waals surface area contributed by atoms with Crippen molar-refractivity contribution < 1.29 is 8.83 Å². The van der Waals surface area contributed by atoms with Gasteiger partial charge < -0.3 is 18.0 Å². The Kier molecular flexibility index (Phi) is 9.20. The normalized spacial score (nSPS) is 11.9. The standard InChI is InChI=1S/C69H41N5O2/c1-4-15-42(16-5-1)44-29-35-60-56(37-44)52-32-27-46(39-61(52)73(60)48-19-8-3-9-20-48)45-30-36-62-57(38-45)66-55(23-14-26-63(66)75-62)69-71-67(43-17-6-2-7-18-43)70-68(72-69)47-28-33-53-54-34-31-49(41-65(54)76-64(53)40-47)74-58-24-12-10-21-50(58)51-22-11-13-25-59(51)74/h1-41H. The SMILES string of the molecule is c1ccc(-c2ccc3c(c2)c2ccc(-c4ccc5oc6cccc(-c7nc(-c8ccccc8)nc(-c8ccc9c(c8)oc8cc(-n%10c%11ccccc%11c%11ccccc%11%10)ccc89)n7)c6c5c4)cc2n3-c2ccccc2)cc1. The van der Waals surface area contributed by atoms with Crippen LogP contribution in [0.3, 0.4) is 0 Å². The lowest BCUT2D eigenvalue weighted by Crippen LogP contribution is -2.00. The lowest BCUT2D eigenvalue weighted by atomic mass is 9.99. The van der Waals surface area contributed by atoms with E-state index in [0.29, 0.717) is 17.5 Å². The Bertz CT molecular complexity index is 4940. The Hall–Kier alpha value is -10.4. The Morgan fingerprint density at radius 2 is 0.776 bits per heavy atom. The molecule has 5 aromatic heterocycles. The average Bonchev–Trinajstić information content (AvgIpc) is 4.28. The van der Waals surface area contributed by atoms with Gasteiger partial charge in [-0.1, -0.05) is 158 Å². The zero-order valence-electron chi connectivity index (χ0n) is 40.7. The molecule has 0 atom stereocenters. The van der Waals surface area contributed by atoms with Gasteiger partial charge in [-0.25, -0.2) is 15.0 Å². The fourth-order valence-electron chi connectivity index (χ4n) is 11.6. The Balaban J connectivity index is 0.827. The van der Waals surface area contributed by atoms with Crippen LogP contribution in [0, 0.1) is 0 Å². The van der Waals surface area contributed by atoms with Crippen LogP contribution in [0.5, 0.6) is 0 Å². The van der Waals surface area contributed by atoms with Crippen LogP contribution in [0.1, 0.15) is 0 Å². The predicted octanol–water partition coefficient (Wildman–Crippen LogP) is 18.2. The first kappa shape index (κ1) is 42.2. The van der Waals surface area contributed by atoms with Crippen LogP contribution in [0.4, 0.5) is 0 Å². The zero-order chi connectivity index (χ0) is 49.8. The number of benzene rings is 11. The maximum absolute atomic E-state index is 6.74. The molecule has 0 saturated carbocycles. The van der Waals surface area contributed by atoms with E-state index in [1.54, 1.807) is 0 Å². The van der Waals surface area contributed by atoms with Crippen LogP contribution < -0.4 is 0 Å². The van der Waals surface area contributed by atoms with Crippen molar-refractivity contribution in [2.24, 2.45) is 0 Å². The first-order valence-corrected chi connectivity index (χ1v) is 25.6. The van der Waals surface area contributed by atoms with Crippen LogP contribution >= 0.6 is 0 Å². The highest BCUT2D eigenvalue weighted by molar-refractivity contribution is 6.15. The number of para-hydroxylation sites is 3. The van der Waals surface area contributed by atoms with Crippen molar-refractivity contribution in [3.63, 3.8) is 0 Å². The van der Waals surface area contributed by atoms with Gasteiger partial charge in [0.25, 0.3) is 0 Å². The van der Waals surface area contributed by atoms with E-state index in [9.17, 15) is 0 Å². The van der Waals surface area contributed by atoms with Crippen LogP contribution in [-0.2, 0) is 0 Å².